The number of carbonyl (C=O) groups is 1. The minimum Gasteiger partial charge on any atom is -0.493 e. The van der Waals surface area contributed by atoms with Crippen LogP contribution in [0.25, 0.3) is 0 Å². The predicted octanol–water partition coefficient (Wildman–Crippen LogP) is 1.76. The molecule has 2 unspecified atom stereocenters. The lowest BCUT2D eigenvalue weighted by Gasteiger charge is -2.36. The maximum absolute atomic E-state index is 12.4. The summed E-state index contributed by atoms with van der Waals surface area (Å²) >= 11 is 0. The van der Waals surface area contributed by atoms with E-state index in [2.05, 4.69) is 24.4 Å². The van der Waals surface area contributed by atoms with Crippen molar-refractivity contribution in [2.45, 2.75) is 31.7 Å². The molecule has 0 aliphatic carbocycles. The zero-order valence-corrected chi connectivity index (χ0v) is 12.0. The molecule has 2 aliphatic heterocycles. The molecule has 2 atom stereocenters. The Labute approximate surface area is 120 Å². The molecule has 108 valence electrons. The van der Waals surface area contributed by atoms with Gasteiger partial charge in [-0.15, -0.1) is 0 Å². The van der Waals surface area contributed by atoms with Crippen LogP contribution in [0.3, 0.4) is 0 Å². The van der Waals surface area contributed by atoms with Crippen molar-refractivity contribution in [1.82, 2.24) is 10.2 Å². The molecule has 4 nitrogen and oxygen atoms in total. The molecule has 0 bridgehead atoms. The normalized spacial score (nSPS) is 26.1. The first-order chi connectivity index (χ1) is 9.79. The van der Waals surface area contributed by atoms with E-state index in [1.807, 2.05) is 17.0 Å². The molecular weight excluding hydrogens is 252 g/mol. The summed E-state index contributed by atoms with van der Waals surface area (Å²) < 4.78 is 5.70. The number of nitrogens with one attached hydrogen (secondary N) is 1. The molecular formula is C16H22N2O2. The molecule has 4 heteroatoms. The van der Waals surface area contributed by atoms with Gasteiger partial charge in [0.05, 0.1) is 12.6 Å². The zero-order valence-electron chi connectivity index (χ0n) is 12.0. The lowest BCUT2D eigenvalue weighted by molar-refractivity contribution is -0.136. The van der Waals surface area contributed by atoms with Crippen molar-refractivity contribution in [3.05, 3.63) is 29.8 Å². The van der Waals surface area contributed by atoms with Crippen molar-refractivity contribution >= 4 is 5.91 Å². The van der Waals surface area contributed by atoms with E-state index in [9.17, 15) is 4.79 Å². The highest BCUT2D eigenvalue weighted by atomic mass is 16.5. The number of hydrogen-bond donors (Lipinski definition) is 1. The molecule has 1 N–H and O–H groups in total. The Bertz CT molecular complexity index is 489. The van der Waals surface area contributed by atoms with Gasteiger partial charge in [0.1, 0.15) is 5.75 Å². The molecule has 1 amide bonds. The summed E-state index contributed by atoms with van der Waals surface area (Å²) in [5.41, 5.74) is 1.25. The molecule has 2 heterocycles. The van der Waals surface area contributed by atoms with Gasteiger partial charge in [-0.1, -0.05) is 25.1 Å². The largest absolute Gasteiger partial charge is 0.493 e. The summed E-state index contributed by atoms with van der Waals surface area (Å²) in [5, 5.41) is 3.29. The van der Waals surface area contributed by atoms with Crippen LogP contribution in [0, 0.1) is 0 Å². The van der Waals surface area contributed by atoms with Crippen LogP contribution in [0.1, 0.15) is 31.2 Å². The van der Waals surface area contributed by atoms with Crippen LogP contribution >= 0.6 is 0 Å². The summed E-state index contributed by atoms with van der Waals surface area (Å²) in [4.78, 5) is 14.4. The average Bonchev–Trinajstić information content (AvgIpc) is 2.50. The molecule has 1 aromatic carbocycles. The van der Waals surface area contributed by atoms with Crippen molar-refractivity contribution < 1.29 is 9.53 Å². The van der Waals surface area contributed by atoms with E-state index in [0.717, 1.165) is 44.8 Å². The van der Waals surface area contributed by atoms with Gasteiger partial charge in [-0.25, -0.2) is 0 Å². The van der Waals surface area contributed by atoms with E-state index in [4.69, 9.17) is 4.74 Å². The van der Waals surface area contributed by atoms with Gasteiger partial charge >= 0.3 is 0 Å². The highest BCUT2D eigenvalue weighted by molar-refractivity contribution is 5.82. The lowest BCUT2D eigenvalue weighted by atomic mass is 9.92. The summed E-state index contributed by atoms with van der Waals surface area (Å²) in [6, 6.07) is 8.21. The monoisotopic (exact) mass is 274 g/mol. The molecule has 0 saturated carbocycles. The standard InChI is InChI=1S/C16H22N2O2/c1-2-14-16(19)18(9-8-17-14)11-12-7-10-20-15-6-4-3-5-13(12)15/h3-6,12,14,17H,2,7-11H2,1H3. The fraction of sp³-hybridized carbons (Fsp3) is 0.562. The Morgan fingerprint density at radius 3 is 3.10 bits per heavy atom. The van der Waals surface area contributed by atoms with Crippen molar-refractivity contribution in [3.8, 4) is 5.75 Å². The summed E-state index contributed by atoms with van der Waals surface area (Å²) in [5.74, 6) is 1.64. The molecule has 0 spiro atoms. The molecule has 20 heavy (non-hydrogen) atoms. The Morgan fingerprint density at radius 1 is 1.40 bits per heavy atom. The SMILES string of the molecule is CCC1NCCN(CC2CCOc3ccccc32)C1=O. The molecule has 2 aliphatic rings. The van der Waals surface area contributed by atoms with Crippen LogP contribution in [-0.4, -0.2) is 43.1 Å². The smallest absolute Gasteiger partial charge is 0.239 e. The van der Waals surface area contributed by atoms with Gasteiger partial charge in [0.2, 0.25) is 5.91 Å². The average molecular weight is 274 g/mol. The molecule has 1 saturated heterocycles. The second-order valence-electron chi connectivity index (χ2n) is 5.57. The van der Waals surface area contributed by atoms with Gasteiger partial charge in [0, 0.05) is 25.6 Å². The first-order valence-corrected chi connectivity index (χ1v) is 7.53. The summed E-state index contributed by atoms with van der Waals surface area (Å²) in [6.07, 6.45) is 1.85. The first kappa shape index (κ1) is 13.4. The van der Waals surface area contributed by atoms with Crippen molar-refractivity contribution in [1.29, 1.82) is 0 Å². The molecule has 1 aromatic rings. The number of fused-ring (bicyclic) bond motifs is 1. The van der Waals surface area contributed by atoms with Crippen molar-refractivity contribution in [3.63, 3.8) is 0 Å². The second kappa shape index (κ2) is 5.83. The van der Waals surface area contributed by atoms with Gasteiger partial charge in [-0.2, -0.15) is 0 Å². The summed E-state index contributed by atoms with van der Waals surface area (Å²) in [6.45, 7) is 5.34. The van der Waals surface area contributed by atoms with Gasteiger partial charge < -0.3 is 15.0 Å². The lowest BCUT2D eigenvalue weighted by Crippen LogP contribution is -2.55. The third-order valence-electron chi connectivity index (χ3n) is 4.31. The van der Waals surface area contributed by atoms with Crippen LogP contribution < -0.4 is 10.1 Å². The van der Waals surface area contributed by atoms with Crippen LogP contribution in [-0.2, 0) is 4.79 Å². The minimum atomic E-state index is -0.00108. The number of carbonyl (C=O) groups excluding carboxylic acids is 1. The van der Waals surface area contributed by atoms with Crippen LogP contribution in [0.15, 0.2) is 24.3 Å². The third kappa shape index (κ3) is 2.52. The van der Waals surface area contributed by atoms with Gasteiger partial charge in [-0.3, -0.25) is 4.79 Å². The quantitative estimate of drug-likeness (QED) is 0.913. The maximum atomic E-state index is 12.4. The van der Waals surface area contributed by atoms with E-state index in [0.29, 0.717) is 5.92 Å². The fourth-order valence-corrected chi connectivity index (χ4v) is 3.16. The van der Waals surface area contributed by atoms with E-state index in [-0.39, 0.29) is 11.9 Å². The number of rotatable bonds is 3. The predicted molar refractivity (Wildman–Crippen MR) is 78.0 cm³/mol. The molecule has 1 fully saturated rings. The maximum Gasteiger partial charge on any atom is 0.239 e. The minimum absolute atomic E-state index is 0.00108. The zero-order chi connectivity index (χ0) is 13.9. The molecule has 0 aromatic heterocycles. The number of hydrogen-bond acceptors (Lipinski definition) is 3. The molecule has 3 rings (SSSR count). The number of ether oxygens (including phenoxy) is 1. The number of benzene rings is 1. The van der Waals surface area contributed by atoms with E-state index >= 15 is 0 Å². The number of amides is 1. The highest BCUT2D eigenvalue weighted by Crippen LogP contribution is 2.34. The third-order valence-corrected chi connectivity index (χ3v) is 4.31. The van der Waals surface area contributed by atoms with Gasteiger partial charge in [-0.05, 0) is 24.5 Å². The first-order valence-electron chi connectivity index (χ1n) is 7.53. The van der Waals surface area contributed by atoms with Crippen LogP contribution in [0.2, 0.25) is 0 Å². The number of para-hydroxylation sites is 1. The van der Waals surface area contributed by atoms with Gasteiger partial charge in [0.15, 0.2) is 0 Å². The Balaban J connectivity index is 1.74. The van der Waals surface area contributed by atoms with E-state index in [1.165, 1.54) is 5.56 Å². The second-order valence-corrected chi connectivity index (χ2v) is 5.57. The van der Waals surface area contributed by atoms with Gasteiger partial charge in [0.25, 0.3) is 0 Å². The fourth-order valence-electron chi connectivity index (χ4n) is 3.16. The summed E-state index contributed by atoms with van der Waals surface area (Å²) in [7, 11) is 0. The highest BCUT2D eigenvalue weighted by Gasteiger charge is 2.30. The molecule has 0 radical (unpaired) electrons. The van der Waals surface area contributed by atoms with Crippen molar-refractivity contribution in [2.24, 2.45) is 0 Å². The van der Waals surface area contributed by atoms with Crippen molar-refractivity contribution in [2.75, 3.05) is 26.2 Å². The Kier molecular flexibility index (Phi) is 3.92. The van der Waals surface area contributed by atoms with Crippen LogP contribution in [0.4, 0.5) is 0 Å². The topological polar surface area (TPSA) is 41.6 Å². The Hall–Kier alpha value is -1.55. The Morgan fingerprint density at radius 2 is 2.25 bits per heavy atom. The number of piperazine rings is 1. The van der Waals surface area contributed by atoms with Crippen LogP contribution in [0.5, 0.6) is 5.75 Å². The number of nitrogens with zero attached hydrogens (tertiary/aromatic N) is 1. The van der Waals surface area contributed by atoms with E-state index < -0.39 is 0 Å². The van der Waals surface area contributed by atoms with E-state index in [1.54, 1.807) is 0 Å².